The Hall–Kier alpha value is -0.900. The van der Waals surface area contributed by atoms with E-state index in [0.717, 1.165) is 19.6 Å². The maximum absolute atomic E-state index is 5.98. The zero-order valence-electron chi connectivity index (χ0n) is 10.8. The smallest absolute Gasteiger partial charge is 0.0474 e. The third kappa shape index (κ3) is 2.86. The highest BCUT2D eigenvalue weighted by Gasteiger charge is 2.27. The number of likely N-dealkylation sites (N-methyl/N-ethyl adjacent to an activating group) is 1. The van der Waals surface area contributed by atoms with E-state index in [1.165, 1.54) is 5.56 Å². The van der Waals surface area contributed by atoms with E-state index in [1.54, 1.807) is 0 Å². The lowest BCUT2D eigenvalue weighted by Gasteiger charge is -2.42. The molecule has 1 aliphatic heterocycles. The van der Waals surface area contributed by atoms with Gasteiger partial charge >= 0.3 is 0 Å². The molecule has 1 fully saturated rings. The summed E-state index contributed by atoms with van der Waals surface area (Å²) in [7, 11) is 2.19. The Balaban J connectivity index is 2.13. The Labute approximate surface area is 104 Å². The summed E-state index contributed by atoms with van der Waals surface area (Å²) in [6, 6.07) is 11.6. The van der Waals surface area contributed by atoms with Gasteiger partial charge < -0.3 is 10.6 Å². The van der Waals surface area contributed by atoms with Crippen molar-refractivity contribution in [1.29, 1.82) is 0 Å². The minimum atomic E-state index is 0.361. The van der Waals surface area contributed by atoms with Gasteiger partial charge in [-0.2, -0.15) is 0 Å². The van der Waals surface area contributed by atoms with Gasteiger partial charge in [-0.1, -0.05) is 30.3 Å². The Bertz CT molecular complexity index is 339. The molecule has 94 valence electrons. The number of nitrogens with two attached hydrogens (primary N) is 1. The molecule has 17 heavy (non-hydrogen) atoms. The molecule has 1 aliphatic rings. The van der Waals surface area contributed by atoms with Gasteiger partial charge in [0, 0.05) is 38.3 Å². The second-order valence-corrected chi connectivity index (χ2v) is 5.01. The normalized spacial score (nSPS) is 24.8. The quantitative estimate of drug-likeness (QED) is 0.854. The van der Waals surface area contributed by atoms with Gasteiger partial charge in [0.25, 0.3) is 0 Å². The Morgan fingerprint density at radius 1 is 1.29 bits per heavy atom. The standard InChI is InChI=1S/C14H23N3/c1-12-11-16(2)8-9-17(12)14(10-15)13-6-4-3-5-7-13/h3-7,12,14H,8-11,15H2,1-2H3. The SMILES string of the molecule is CC1CN(C)CCN1C(CN)c1ccccc1. The fraction of sp³-hybridized carbons (Fsp3) is 0.571. The first-order chi connectivity index (χ1) is 8.22. The van der Waals surface area contributed by atoms with E-state index in [1.807, 2.05) is 0 Å². The van der Waals surface area contributed by atoms with E-state index in [4.69, 9.17) is 5.73 Å². The summed E-state index contributed by atoms with van der Waals surface area (Å²) in [4.78, 5) is 4.93. The van der Waals surface area contributed by atoms with Crippen LogP contribution in [0.1, 0.15) is 18.5 Å². The molecule has 0 bridgehead atoms. The molecule has 0 radical (unpaired) electrons. The molecule has 0 aromatic heterocycles. The maximum atomic E-state index is 5.98. The van der Waals surface area contributed by atoms with E-state index in [2.05, 4.69) is 54.1 Å². The van der Waals surface area contributed by atoms with Crippen molar-refractivity contribution in [3.63, 3.8) is 0 Å². The molecule has 1 saturated heterocycles. The topological polar surface area (TPSA) is 32.5 Å². The first kappa shape index (κ1) is 12.6. The Morgan fingerprint density at radius 3 is 2.59 bits per heavy atom. The highest BCUT2D eigenvalue weighted by Crippen LogP contribution is 2.23. The van der Waals surface area contributed by atoms with Crippen LogP contribution in [0, 0.1) is 0 Å². The average molecular weight is 233 g/mol. The summed E-state index contributed by atoms with van der Waals surface area (Å²) in [5, 5.41) is 0. The summed E-state index contributed by atoms with van der Waals surface area (Å²) < 4.78 is 0. The molecule has 0 saturated carbocycles. The molecule has 0 spiro atoms. The fourth-order valence-electron chi connectivity index (χ4n) is 2.75. The van der Waals surface area contributed by atoms with Crippen LogP contribution in [-0.2, 0) is 0 Å². The molecule has 2 rings (SSSR count). The van der Waals surface area contributed by atoms with Crippen molar-refractivity contribution in [3.05, 3.63) is 35.9 Å². The highest BCUT2D eigenvalue weighted by molar-refractivity contribution is 5.19. The van der Waals surface area contributed by atoms with Crippen molar-refractivity contribution in [2.45, 2.75) is 19.0 Å². The van der Waals surface area contributed by atoms with Gasteiger partial charge in [-0.05, 0) is 19.5 Å². The van der Waals surface area contributed by atoms with E-state index in [0.29, 0.717) is 18.6 Å². The molecule has 3 nitrogen and oxygen atoms in total. The minimum absolute atomic E-state index is 0.361. The van der Waals surface area contributed by atoms with E-state index in [-0.39, 0.29) is 0 Å². The van der Waals surface area contributed by atoms with Gasteiger partial charge in [0.2, 0.25) is 0 Å². The van der Waals surface area contributed by atoms with Crippen LogP contribution in [0.25, 0.3) is 0 Å². The molecule has 1 heterocycles. The molecule has 0 aliphatic carbocycles. The van der Waals surface area contributed by atoms with Crippen LogP contribution in [0.5, 0.6) is 0 Å². The molecule has 1 aromatic rings. The first-order valence-electron chi connectivity index (χ1n) is 6.41. The van der Waals surface area contributed by atoms with Crippen LogP contribution >= 0.6 is 0 Å². The maximum Gasteiger partial charge on any atom is 0.0474 e. The van der Waals surface area contributed by atoms with Gasteiger partial charge in [0.1, 0.15) is 0 Å². The predicted molar refractivity (Wildman–Crippen MR) is 71.9 cm³/mol. The van der Waals surface area contributed by atoms with Gasteiger partial charge in [-0.15, -0.1) is 0 Å². The molecule has 3 heteroatoms. The monoisotopic (exact) mass is 233 g/mol. The van der Waals surface area contributed by atoms with Crippen molar-refractivity contribution in [1.82, 2.24) is 9.80 Å². The first-order valence-corrected chi connectivity index (χ1v) is 6.41. The number of hydrogen-bond acceptors (Lipinski definition) is 3. The zero-order valence-corrected chi connectivity index (χ0v) is 10.8. The van der Waals surface area contributed by atoms with Gasteiger partial charge in [-0.25, -0.2) is 0 Å². The average Bonchev–Trinajstić information content (AvgIpc) is 2.34. The molecule has 1 aromatic carbocycles. The van der Waals surface area contributed by atoms with E-state index >= 15 is 0 Å². The lowest BCUT2D eigenvalue weighted by Crippen LogP contribution is -2.52. The summed E-state index contributed by atoms with van der Waals surface area (Å²) in [6.07, 6.45) is 0. The van der Waals surface area contributed by atoms with Gasteiger partial charge in [0.05, 0.1) is 0 Å². The van der Waals surface area contributed by atoms with Gasteiger partial charge in [-0.3, -0.25) is 4.90 Å². The van der Waals surface area contributed by atoms with Crippen molar-refractivity contribution in [3.8, 4) is 0 Å². The molecular formula is C14H23N3. The summed E-state index contributed by atoms with van der Waals surface area (Å²) >= 11 is 0. The second kappa shape index (κ2) is 5.63. The van der Waals surface area contributed by atoms with Crippen LogP contribution in [0.4, 0.5) is 0 Å². The summed E-state index contributed by atoms with van der Waals surface area (Å²) in [5.74, 6) is 0. The van der Waals surface area contributed by atoms with Gasteiger partial charge in [0.15, 0.2) is 0 Å². The van der Waals surface area contributed by atoms with Crippen molar-refractivity contribution in [2.75, 3.05) is 33.2 Å². The minimum Gasteiger partial charge on any atom is -0.329 e. The number of rotatable bonds is 3. The second-order valence-electron chi connectivity index (χ2n) is 5.01. The predicted octanol–water partition coefficient (Wildman–Crippen LogP) is 1.32. The van der Waals surface area contributed by atoms with Crippen molar-refractivity contribution >= 4 is 0 Å². The van der Waals surface area contributed by atoms with Crippen LogP contribution in [0.2, 0.25) is 0 Å². The number of hydrogen-bond donors (Lipinski definition) is 1. The number of piperazine rings is 1. The zero-order chi connectivity index (χ0) is 12.3. The van der Waals surface area contributed by atoms with Crippen LogP contribution in [-0.4, -0.2) is 49.1 Å². The Morgan fingerprint density at radius 2 is 2.00 bits per heavy atom. The van der Waals surface area contributed by atoms with Crippen LogP contribution < -0.4 is 5.73 Å². The number of nitrogens with zero attached hydrogens (tertiary/aromatic N) is 2. The Kier molecular flexibility index (Phi) is 4.15. The molecule has 2 N–H and O–H groups in total. The molecule has 0 amide bonds. The van der Waals surface area contributed by atoms with Crippen molar-refractivity contribution < 1.29 is 0 Å². The van der Waals surface area contributed by atoms with Crippen LogP contribution in [0.3, 0.4) is 0 Å². The van der Waals surface area contributed by atoms with E-state index < -0.39 is 0 Å². The van der Waals surface area contributed by atoms with Crippen molar-refractivity contribution in [2.24, 2.45) is 5.73 Å². The molecule has 2 atom stereocenters. The summed E-state index contributed by atoms with van der Waals surface area (Å²) in [6.45, 7) is 6.35. The summed E-state index contributed by atoms with van der Waals surface area (Å²) in [5.41, 5.74) is 7.32. The van der Waals surface area contributed by atoms with Crippen LogP contribution in [0.15, 0.2) is 30.3 Å². The highest BCUT2D eigenvalue weighted by atomic mass is 15.3. The molecular weight excluding hydrogens is 210 g/mol. The lowest BCUT2D eigenvalue weighted by molar-refractivity contribution is 0.0635. The molecule has 2 unspecified atom stereocenters. The largest absolute Gasteiger partial charge is 0.329 e. The third-order valence-corrected chi connectivity index (χ3v) is 3.69. The fourth-order valence-corrected chi connectivity index (χ4v) is 2.75. The number of benzene rings is 1. The lowest BCUT2D eigenvalue weighted by atomic mass is 10.0. The third-order valence-electron chi connectivity index (χ3n) is 3.69. The van der Waals surface area contributed by atoms with E-state index in [9.17, 15) is 0 Å².